The molecular weight excluding hydrogens is 452 g/mol. The number of sulfonamides is 1. The minimum Gasteiger partial charge on any atom is -0.351 e. The summed E-state index contributed by atoms with van der Waals surface area (Å²) >= 11 is 3.45. The molecule has 2 aromatic carbocycles. The summed E-state index contributed by atoms with van der Waals surface area (Å²) < 4.78 is 27.8. The van der Waals surface area contributed by atoms with Crippen LogP contribution in [0, 0.1) is 0 Å². The van der Waals surface area contributed by atoms with E-state index in [1.54, 1.807) is 28.6 Å². The summed E-state index contributed by atoms with van der Waals surface area (Å²) in [5.41, 5.74) is 1.50. The van der Waals surface area contributed by atoms with Crippen molar-refractivity contribution in [2.45, 2.75) is 49.0 Å². The lowest BCUT2D eigenvalue weighted by molar-refractivity contribution is -0.130. The maximum absolute atomic E-state index is 13.0. The number of amides is 1. The Kier molecular flexibility index (Phi) is 5.82. The highest BCUT2D eigenvalue weighted by molar-refractivity contribution is 9.10. The second-order valence-corrected chi connectivity index (χ2v) is 10.7. The van der Waals surface area contributed by atoms with E-state index in [0.717, 1.165) is 47.7 Å². The van der Waals surface area contributed by atoms with Gasteiger partial charge in [-0.15, -0.1) is 0 Å². The van der Waals surface area contributed by atoms with Crippen LogP contribution in [0.1, 0.15) is 43.2 Å². The quantitative estimate of drug-likeness (QED) is 0.685. The van der Waals surface area contributed by atoms with Crippen molar-refractivity contribution in [3.63, 3.8) is 0 Å². The molecule has 1 aliphatic carbocycles. The first-order valence-electron chi connectivity index (χ1n) is 10.1. The highest BCUT2D eigenvalue weighted by Crippen LogP contribution is 2.44. The maximum atomic E-state index is 13.0. The van der Waals surface area contributed by atoms with Crippen molar-refractivity contribution in [1.29, 1.82) is 0 Å². The summed E-state index contributed by atoms with van der Waals surface area (Å²) in [6.45, 7) is 1.58. The van der Waals surface area contributed by atoms with Crippen molar-refractivity contribution >= 4 is 31.9 Å². The smallest absolute Gasteiger partial charge is 0.243 e. The molecule has 0 atom stereocenters. The third-order valence-corrected chi connectivity index (χ3v) is 8.56. The largest absolute Gasteiger partial charge is 0.351 e. The molecule has 1 amide bonds. The van der Waals surface area contributed by atoms with Crippen molar-refractivity contribution in [2.75, 3.05) is 13.1 Å². The Bertz CT molecular complexity index is 978. The van der Waals surface area contributed by atoms with Crippen molar-refractivity contribution in [2.24, 2.45) is 0 Å². The molecule has 154 valence electrons. The zero-order chi connectivity index (χ0) is 20.5. The van der Waals surface area contributed by atoms with E-state index < -0.39 is 15.4 Å². The van der Waals surface area contributed by atoms with Gasteiger partial charge in [0.25, 0.3) is 0 Å². The molecule has 2 aliphatic rings. The number of benzene rings is 2. The van der Waals surface area contributed by atoms with E-state index in [2.05, 4.69) is 21.2 Å². The van der Waals surface area contributed by atoms with E-state index in [1.807, 2.05) is 24.3 Å². The minimum atomic E-state index is -3.40. The molecular formula is C22H25BrN2O3S. The molecule has 0 spiro atoms. The van der Waals surface area contributed by atoms with E-state index in [-0.39, 0.29) is 5.91 Å². The lowest BCUT2D eigenvalue weighted by atomic mass is 9.64. The monoisotopic (exact) mass is 476 g/mol. The van der Waals surface area contributed by atoms with Gasteiger partial charge in [-0.25, -0.2) is 8.42 Å². The van der Waals surface area contributed by atoms with Gasteiger partial charge in [0.05, 0.1) is 10.3 Å². The first-order chi connectivity index (χ1) is 13.9. The number of halogens is 1. The van der Waals surface area contributed by atoms with E-state index >= 15 is 0 Å². The molecule has 1 heterocycles. The van der Waals surface area contributed by atoms with Crippen LogP contribution in [-0.4, -0.2) is 31.7 Å². The molecule has 1 saturated heterocycles. The normalized spacial score (nSPS) is 18.9. The van der Waals surface area contributed by atoms with Crippen LogP contribution >= 0.6 is 15.9 Å². The lowest BCUT2D eigenvalue weighted by Gasteiger charge is -2.40. The molecule has 5 nitrogen and oxygen atoms in total. The van der Waals surface area contributed by atoms with Crippen molar-refractivity contribution < 1.29 is 13.2 Å². The van der Waals surface area contributed by atoms with Gasteiger partial charge in [-0.2, -0.15) is 4.31 Å². The Morgan fingerprint density at radius 2 is 1.59 bits per heavy atom. The van der Waals surface area contributed by atoms with Crippen LogP contribution in [0.2, 0.25) is 0 Å². The minimum absolute atomic E-state index is 0.0415. The second kappa shape index (κ2) is 8.20. The third-order valence-electron chi connectivity index (χ3n) is 6.12. The molecule has 2 aromatic rings. The van der Waals surface area contributed by atoms with Crippen molar-refractivity contribution in [3.05, 3.63) is 64.1 Å². The van der Waals surface area contributed by atoms with Crippen molar-refractivity contribution in [3.8, 4) is 0 Å². The first-order valence-corrected chi connectivity index (χ1v) is 12.3. The van der Waals surface area contributed by atoms with Crippen LogP contribution in [0.4, 0.5) is 0 Å². The summed E-state index contributed by atoms with van der Waals surface area (Å²) in [5, 5.41) is 3.06. The number of hydrogen-bond donors (Lipinski definition) is 1. The summed E-state index contributed by atoms with van der Waals surface area (Å²) in [4.78, 5) is 13.3. The molecule has 0 aromatic heterocycles. The predicted octanol–water partition coefficient (Wildman–Crippen LogP) is 3.97. The van der Waals surface area contributed by atoms with Gasteiger partial charge in [0, 0.05) is 24.1 Å². The predicted molar refractivity (Wildman–Crippen MR) is 116 cm³/mol. The van der Waals surface area contributed by atoms with Gasteiger partial charge < -0.3 is 5.32 Å². The first kappa shape index (κ1) is 20.6. The maximum Gasteiger partial charge on any atom is 0.243 e. The van der Waals surface area contributed by atoms with Crippen LogP contribution in [0.15, 0.2) is 57.9 Å². The number of hydrogen-bond acceptors (Lipinski definition) is 3. The lowest BCUT2D eigenvalue weighted by Crippen LogP contribution is -2.48. The topological polar surface area (TPSA) is 66.5 Å². The van der Waals surface area contributed by atoms with E-state index in [0.29, 0.717) is 24.5 Å². The summed E-state index contributed by atoms with van der Waals surface area (Å²) in [5.74, 6) is 0.0415. The molecule has 1 aliphatic heterocycles. The molecule has 1 saturated carbocycles. The Hall–Kier alpha value is -1.70. The van der Waals surface area contributed by atoms with Gasteiger partial charge in [0.1, 0.15) is 0 Å². The summed E-state index contributed by atoms with van der Waals surface area (Å²) in [6.07, 6.45) is 4.60. The zero-order valence-electron chi connectivity index (χ0n) is 16.2. The van der Waals surface area contributed by atoms with Gasteiger partial charge in [0.15, 0.2) is 0 Å². The SMILES string of the molecule is O=C(NCc1ccc(S(=O)(=O)N2CCCC2)cc1)C1(c2ccc(Br)cc2)CCC1. The number of rotatable bonds is 6. The molecule has 0 unspecified atom stereocenters. The molecule has 7 heteroatoms. The third kappa shape index (κ3) is 4.00. The fourth-order valence-corrected chi connectivity index (χ4v) is 5.94. The zero-order valence-corrected chi connectivity index (χ0v) is 18.6. The fraction of sp³-hybridized carbons (Fsp3) is 0.409. The molecule has 0 bridgehead atoms. The van der Waals surface area contributed by atoms with Gasteiger partial charge >= 0.3 is 0 Å². The van der Waals surface area contributed by atoms with E-state index in [4.69, 9.17) is 0 Å². The molecule has 1 N–H and O–H groups in total. The molecule has 29 heavy (non-hydrogen) atoms. The molecule has 4 rings (SSSR count). The number of nitrogens with zero attached hydrogens (tertiary/aromatic N) is 1. The fourth-order valence-electron chi connectivity index (χ4n) is 4.15. The Morgan fingerprint density at radius 3 is 2.14 bits per heavy atom. The van der Waals surface area contributed by atoms with Crippen LogP contribution in [0.25, 0.3) is 0 Å². The number of nitrogens with one attached hydrogen (secondary N) is 1. The van der Waals surface area contributed by atoms with E-state index in [1.165, 1.54) is 0 Å². The number of carbonyl (C=O) groups is 1. The van der Waals surface area contributed by atoms with Gasteiger partial charge in [-0.05, 0) is 61.1 Å². The van der Waals surface area contributed by atoms with Crippen LogP contribution < -0.4 is 5.32 Å². The van der Waals surface area contributed by atoms with Gasteiger partial charge in [-0.3, -0.25) is 4.79 Å². The van der Waals surface area contributed by atoms with E-state index in [9.17, 15) is 13.2 Å². The summed E-state index contributed by atoms with van der Waals surface area (Å²) in [6, 6.07) is 14.8. The van der Waals surface area contributed by atoms with Crippen LogP contribution in [-0.2, 0) is 26.8 Å². The standard InChI is InChI=1S/C22H25BrN2O3S/c23-19-8-6-18(7-9-19)22(12-3-13-22)21(26)24-16-17-4-10-20(11-5-17)29(27,28)25-14-1-2-15-25/h4-11H,1-3,12-16H2,(H,24,26). The van der Waals surface area contributed by atoms with Gasteiger partial charge in [-0.1, -0.05) is 46.6 Å². The highest BCUT2D eigenvalue weighted by Gasteiger charge is 2.45. The van der Waals surface area contributed by atoms with Crippen LogP contribution in [0.3, 0.4) is 0 Å². The summed E-state index contributed by atoms with van der Waals surface area (Å²) in [7, 11) is -3.40. The molecule has 0 radical (unpaired) electrons. The van der Waals surface area contributed by atoms with Crippen LogP contribution in [0.5, 0.6) is 0 Å². The Balaban J connectivity index is 1.42. The van der Waals surface area contributed by atoms with Crippen molar-refractivity contribution in [1.82, 2.24) is 9.62 Å². The second-order valence-electron chi connectivity index (χ2n) is 7.88. The average Bonchev–Trinajstić information content (AvgIpc) is 3.23. The average molecular weight is 477 g/mol. The number of carbonyl (C=O) groups excluding carboxylic acids is 1. The Morgan fingerprint density at radius 1 is 0.966 bits per heavy atom. The molecule has 2 fully saturated rings. The highest BCUT2D eigenvalue weighted by atomic mass is 79.9. The Labute approximate surface area is 180 Å². The van der Waals surface area contributed by atoms with Gasteiger partial charge in [0.2, 0.25) is 15.9 Å².